The molecule has 19 heavy (non-hydrogen) atoms. The number of benzene rings is 2. The minimum absolute atomic E-state index is 0.224. The summed E-state index contributed by atoms with van der Waals surface area (Å²) in [5.74, 6) is 0.292. The molecule has 3 rings (SSSR count). The summed E-state index contributed by atoms with van der Waals surface area (Å²) in [4.78, 5) is 0. The first-order chi connectivity index (χ1) is 9.11. The van der Waals surface area contributed by atoms with Crippen molar-refractivity contribution < 1.29 is 4.39 Å². The minimum Gasteiger partial charge on any atom is -0.318 e. The van der Waals surface area contributed by atoms with Crippen molar-refractivity contribution >= 4 is 0 Å². The van der Waals surface area contributed by atoms with Gasteiger partial charge in [-0.2, -0.15) is 0 Å². The van der Waals surface area contributed by atoms with Gasteiger partial charge in [-0.3, -0.25) is 0 Å². The molecule has 0 saturated heterocycles. The van der Waals surface area contributed by atoms with Gasteiger partial charge in [-0.25, -0.2) is 4.39 Å². The Morgan fingerprint density at radius 1 is 1.16 bits per heavy atom. The average Bonchev–Trinajstić information content (AvgIpc) is 2.43. The van der Waals surface area contributed by atoms with E-state index in [0.717, 1.165) is 24.0 Å². The molecule has 0 saturated carbocycles. The molecular formula is C17H18FN. The molecule has 0 aromatic heterocycles. The molecule has 0 bridgehead atoms. The zero-order valence-electron chi connectivity index (χ0n) is 11.1. The lowest BCUT2D eigenvalue weighted by molar-refractivity contribution is 0.410. The summed E-state index contributed by atoms with van der Waals surface area (Å²) in [6.45, 7) is 2.23. The van der Waals surface area contributed by atoms with Gasteiger partial charge < -0.3 is 5.73 Å². The monoisotopic (exact) mass is 255 g/mol. The molecule has 1 nitrogen and oxygen atoms in total. The molecule has 0 radical (unpaired) electrons. The van der Waals surface area contributed by atoms with Crippen LogP contribution in [0.25, 0.3) is 0 Å². The van der Waals surface area contributed by atoms with Crippen LogP contribution >= 0.6 is 0 Å². The van der Waals surface area contributed by atoms with Gasteiger partial charge >= 0.3 is 0 Å². The summed E-state index contributed by atoms with van der Waals surface area (Å²) < 4.78 is 13.5. The van der Waals surface area contributed by atoms with E-state index in [1.54, 1.807) is 12.1 Å². The topological polar surface area (TPSA) is 26.0 Å². The summed E-state index contributed by atoms with van der Waals surface area (Å²) >= 11 is 0. The Bertz CT molecular complexity index is 608. The Hall–Kier alpha value is -1.67. The summed E-state index contributed by atoms with van der Waals surface area (Å²) in [5.41, 5.74) is 9.39. The molecule has 0 heterocycles. The first kappa shape index (κ1) is 12.4. The van der Waals surface area contributed by atoms with E-state index in [-0.39, 0.29) is 5.82 Å². The fourth-order valence-corrected chi connectivity index (χ4v) is 3.13. The standard InChI is InChI=1S/C17H18FN/c1-12-9-10-17(19,13-5-4-6-14(18)11-13)16-8-3-2-7-15(12)16/h2-8,11-12H,9-10,19H2,1H3. The Morgan fingerprint density at radius 2 is 1.95 bits per heavy atom. The maximum absolute atomic E-state index is 13.5. The fraction of sp³-hybridized carbons (Fsp3) is 0.294. The molecule has 0 fully saturated rings. The van der Waals surface area contributed by atoms with E-state index in [0.29, 0.717) is 5.92 Å². The Labute approximate surface area is 113 Å². The maximum atomic E-state index is 13.5. The minimum atomic E-state index is -0.564. The molecule has 1 aliphatic rings. The third-order valence-electron chi connectivity index (χ3n) is 4.28. The van der Waals surface area contributed by atoms with Crippen LogP contribution in [0, 0.1) is 5.82 Å². The highest BCUT2D eigenvalue weighted by Crippen LogP contribution is 2.43. The SMILES string of the molecule is CC1CCC(N)(c2cccc(F)c2)c2ccccc21. The molecule has 2 unspecified atom stereocenters. The lowest BCUT2D eigenvalue weighted by Crippen LogP contribution is -2.41. The van der Waals surface area contributed by atoms with Crippen LogP contribution < -0.4 is 5.73 Å². The molecule has 0 spiro atoms. The molecule has 2 aromatic rings. The van der Waals surface area contributed by atoms with Gasteiger partial charge in [0.1, 0.15) is 5.82 Å². The molecule has 2 N–H and O–H groups in total. The van der Waals surface area contributed by atoms with E-state index in [4.69, 9.17) is 5.73 Å². The predicted molar refractivity (Wildman–Crippen MR) is 75.5 cm³/mol. The first-order valence-corrected chi connectivity index (χ1v) is 6.75. The highest BCUT2D eigenvalue weighted by molar-refractivity contribution is 5.45. The summed E-state index contributed by atoms with van der Waals surface area (Å²) in [7, 11) is 0. The van der Waals surface area contributed by atoms with Crippen LogP contribution in [-0.2, 0) is 5.54 Å². The second-order valence-electron chi connectivity index (χ2n) is 5.51. The van der Waals surface area contributed by atoms with Gasteiger partial charge in [-0.1, -0.05) is 43.3 Å². The number of hydrogen-bond acceptors (Lipinski definition) is 1. The van der Waals surface area contributed by atoms with Crippen LogP contribution in [0.5, 0.6) is 0 Å². The van der Waals surface area contributed by atoms with Crippen molar-refractivity contribution in [1.29, 1.82) is 0 Å². The van der Waals surface area contributed by atoms with Gasteiger partial charge in [0, 0.05) is 0 Å². The van der Waals surface area contributed by atoms with Gasteiger partial charge in [-0.15, -0.1) is 0 Å². The number of hydrogen-bond donors (Lipinski definition) is 1. The smallest absolute Gasteiger partial charge is 0.123 e. The molecule has 1 aliphatic carbocycles. The zero-order valence-corrected chi connectivity index (χ0v) is 11.1. The molecule has 2 heteroatoms. The van der Waals surface area contributed by atoms with Gasteiger partial charge in [0.15, 0.2) is 0 Å². The molecule has 0 aliphatic heterocycles. The lowest BCUT2D eigenvalue weighted by atomic mass is 9.70. The van der Waals surface area contributed by atoms with E-state index < -0.39 is 5.54 Å². The van der Waals surface area contributed by atoms with Crippen LogP contribution in [0.1, 0.15) is 42.4 Å². The predicted octanol–water partition coefficient (Wildman–Crippen LogP) is 3.93. The van der Waals surface area contributed by atoms with Gasteiger partial charge in [0.05, 0.1) is 5.54 Å². The quantitative estimate of drug-likeness (QED) is 0.821. The fourth-order valence-electron chi connectivity index (χ4n) is 3.13. The summed E-state index contributed by atoms with van der Waals surface area (Å²) in [6, 6.07) is 15.0. The lowest BCUT2D eigenvalue weighted by Gasteiger charge is -2.39. The van der Waals surface area contributed by atoms with E-state index in [1.165, 1.54) is 11.6 Å². The number of nitrogens with two attached hydrogens (primary N) is 1. The Kier molecular flexibility index (Phi) is 2.90. The van der Waals surface area contributed by atoms with Gasteiger partial charge in [-0.05, 0) is 47.6 Å². The normalized spacial score (nSPS) is 25.9. The highest BCUT2D eigenvalue weighted by atomic mass is 19.1. The summed E-state index contributed by atoms with van der Waals surface area (Å²) in [6.07, 6.45) is 1.89. The molecular weight excluding hydrogens is 237 g/mol. The van der Waals surface area contributed by atoms with Crippen LogP contribution in [0.2, 0.25) is 0 Å². The zero-order chi connectivity index (χ0) is 13.5. The van der Waals surface area contributed by atoms with E-state index >= 15 is 0 Å². The van der Waals surface area contributed by atoms with Crippen LogP contribution in [-0.4, -0.2) is 0 Å². The molecule has 2 aromatic carbocycles. The van der Waals surface area contributed by atoms with Gasteiger partial charge in [0.25, 0.3) is 0 Å². The Morgan fingerprint density at radius 3 is 2.74 bits per heavy atom. The number of rotatable bonds is 1. The van der Waals surface area contributed by atoms with Crippen molar-refractivity contribution in [1.82, 2.24) is 0 Å². The second kappa shape index (κ2) is 4.46. The molecule has 0 amide bonds. The third-order valence-corrected chi connectivity index (χ3v) is 4.28. The number of fused-ring (bicyclic) bond motifs is 1. The van der Waals surface area contributed by atoms with Crippen LogP contribution in [0.15, 0.2) is 48.5 Å². The van der Waals surface area contributed by atoms with Crippen molar-refractivity contribution in [2.75, 3.05) is 0 Å². The van der Waals surface area contributed by atoms with Crippen LogP contribution in [0.4, 0.5) is 4.39 Å². The van der Waals surface area contributed by atoms with Crippen molar-refractivity contribution in [3.63, 3.8) is 0 Å². The molecule has 2 atom stereocenters. The third kappa shape index (κ3) is 1.96. The van der Waals surface area contributed by atoms with E-state index in [1.807, 2.05) is 18.2 Å². The second-order valence-corrected chi connectivity index (χ2v) is 5.51. The van der Waals surface area contributed by atoms with E-state index in [2.05, 4.69) is 19.1 Å². The first-order valence-electron chi connectivity index (χ1n) is 6.75. The van der Waals surface area contributed by atoms with Crippen molar-refractivity contribution in [3.8, 4) is 0 Å². The highest BCUT2D eigenvalue weighted by Gasteiger charge is 2.36. The van der Waals surface area contributed by atoms with Crippen molar-refractivity contribution in [2.45, 2.75) is 31.2 Å². The van der Waals surface area contributed by atoms with Crippen LogP contribution in [0.3, 0.4) is 0 Å². The van der Waals surface area contributed by atoms with Gasteiger partial charge in [0.2, 0.25) is 0 Å². The largest absolute Gasteiger partial charge is 0.318 e. The van der Waals surface area contributed by atoms with Crippen molar-refractivity contribution in [2.24, 2.45) is 5.73 Å². The van der Waals surface area contributed by atoms with E-state index in [9.17, 15) is 4.39 Å². The van der Waals surface area contributed by atoms with Crippen molar-refractivity contribution in [3.05, 3.63) is 71.0 Å². The average molecular weight is 255 g/mol. The number of halogens is 1. The maximum Gasteiger partial charge on any atom is 0.123 e. The molecule has 98 valence electrons. The summed E-state index contributed by atoms with van der Waals surface area (Å²) in [5, 5.41) is 0. The Balaban J connectivity index is 2.18.